The molecule has 0 bridgehead atoms. The summed E-state index contributed by atoms with van der Waals surface area (Å²) >= 11 is 0. The molecule has 0 fully saturated rings. The maximum atomic E-state index is 13.8. The maximum Gasteiger partial charge on any atom is 0.295 e. The first-order valence-electron chi connectivity index (χ1n) is 11.8. The fourth-order valence-electron chi connectivity index (χ4n) is 4.65. The molecule has 1 aromatic heterocycles. The number of ether oxygens (including phenoxy) is 2. The molecule has 1 aliphatic heterocycles. The number of hydrogen-bond donors (Lipinski definition) is 0. The Bertz CT molecular complexity index is 1620. The van der Waals surface area contributed by atoms with E-state index in [1.54, 1.807) is 60.7 Å². The second kappa shape index (κ2) is 9.43. The molecule has 5 rings (SSSR count). The fraction of sp³-hybridized carbons (Fsp3) is 0.167. The summed E-state index contributed by atoms with van der Waals surface area (Å²) in [5.74, 6) is 0.425. The Kier molecular flexibility index (Phi) is 6.13. The van der Waals surface area contributed by atoms with Gasteiger partial charge in [-0.05, 0) is 67.9 Å². The van der Waals surface area contributed by atoms with Crippen LogP contribution in [0.1, 0.15) is 50.6 Å². The lowest BCUT2D eigenvalue weighted by atomic mass is 9.97. The monoisotopic (exact) mass is 495 g/mol. The molecule has 4 aromatic rings. The lowest BCUT2D eigenvalue weighted by molar-refractivity contribution is 0.0970. The molecule has 7 nitrogen and oxygen atoms in total. The summed E-state index contributed by atoms with van der Waals surface area (Å²) in [4.78, 5) is 41.0. The van der Waals surface area contributed by atoms with Gasteiger partial charge in [0.25, 0.3) is 5.91 Å². The van der Waals surface area contributed by atoms with E-state index in [9.17, 15) is 14.4 Å². The van der Waals surface area contributed by atoms with Gasteiger partial charge in [-0.25, -0.2) is 0 Å². The van der Waals surface area contributed by atoms with Crippen LogP contribution >= 0.6 is 0 Å². The third-order valence-electron chi connectivity index (χ3n) is 6.44. The summed E-state index contributed by atoms with van der Waals surface area (Å²) in [6.07, 6.45) is 1.63. The van der Waals surface area contributed by atoms with E-state index in [-0.39, 0.29) is 22.5 Å². The van der Waals surface area contributed by atoms with Gasteiger partial charge in [0, 0.05) is 11.3 Å². The van der Waals surface area contributed by atoms with Gasteiger partial charge in [0.1, 0.15) is 12.2 Å². The molecule has 1 aliphatic rings. The Balaban J connectivity index is 1.74. The quantitative estimate of drug-likeness (QED) is 0.244. The SMILES string of the molecule is C=CCOc1ccc(C2c3c(oc4ccc(C)cc4c3=O)C(=O)N2c2ccc(C(C)=O)cc2)cc1OC. The summed E-state index contributed by atoms with van der Waals surface area (Å²) < 4.78 is 17.3. The minimum Gasteiger partial charge on any atom is -0.493 e. The van der Waals surface area contributed by atoms with E-state index in [1.807, 2.05) is 13.0 Å². The smallest absolute Gasteiger partial charge is 0.295 e. The number of anilines is 1. The van der Waals surface area contributed by atoms with Gasteiger partial charge in [-0.2, -0.15) is 0 Å². The summed E-state index contributed by atoms with van der Waals surface area (Å²) in [5, 5.41) is 0.406. The van der Waals surface area contributed by atoms with Crippen LogP contribution in [0.3, 0.4) is 0 Å². The summed E-state index contributed by atoms with van der Waals surface area (Å²) in [5.41, 5.74) is 2.92. The molecule has 0 N–H and O–H groups in total. The minimum absolute atomic E-state index is 0.00653. The molecule has 1 unspecified atom stereocenters. The molecule has 0 aliphatic carbocycles. The zero-order valence-electron chi connectivity index (χ0n) is 20.7. The van der Waals surface area contributed by atoms with Crippen LogP contribution in [-0.4, -0.2) is 25.4 Å². The van der Waals surface area contributed by atoms with Gasteiger partial charge >= 0.3 is 0 Å². The van der Waals surface area contributed by atoms with Gasteiger partial charge in [0.05, 0.1) is 24.1 Å². The first-order valence-corrected chi connectivity index (χ1v) is 11.8. The average Bonchev–Trinajstić information content (AvgIpc) is 3.20. The highest BCUT2D eigenvalue weighted by Gasteiger charge is 2.44. The predicted octanol–water partition coefficient (Wildman–Crippen LogP) is 5.63. The average molecular weight is 496 g/mol. The van der Waals surface area contributed by atoms with E-state index in [4.69, 9.17) is 13.9 Å². The van der Waals surface area contributed by atoms with Crippen LogP contribution in [0.2, 0.25) is 0 Å². The number of benzene rings is 3. The molecule has 0 radical (unpaired) electrons. The molecule has 2 heterocycles. The van der Waals surface area contributed by atoms with Gasteiger partial charge in [0.15, 0.2) is 22.7 Å². The molecule has 3 aromatic carbocycles. The van der Waals surface area contributed by atoms with Crippen LogP contribution < -0.4 is 19.8 Å². The number of rotatable bonds is 7. The van der Waals surface area contributed by atoms with Crippen molar-refractivity contribution < 1.29 is 23.5 Å². The van der Waals surface area contributed by atoms with E-state index in [0.29, 0.717) is 45.9 Å². The Morgan fingerprint density at radius 1 is 1.05 bits per heavy atom. The number of fused-ring (bicyclic) bond motifs is 2. The molecular formula is C30H25NO6. The minimum atomic E-state index is -0.783. The van der Waals surface area contributed by atoms with Crippen LogP contribution in [0.15, 0.2) is 82.5 Å². The standard InChI is InChI=1S/C30H25NO6/c1-5-14-36-24-13-9-20(16-25(24)35-4)27-26-28(33)22-15-17(2)6-12-23(22)37-29(26)30(34)31(27)21-10-7-19(8-11-21)18(3)32/h5-13,15-16,27H,1,14H2,2-4H3. The van der Waals surface area contributed by atoms with Crippen molar-refractivity contribution in [2.45, 2.75) is 19.9 Å². The Morgan fingerprint density at radius 2 is 1.81 bits per heavy atom. The maximum absolute atomic E-state index is 13.8. The van der Waals surface area contributed by atoms with Crippen molar-refractivity contribution in [1.29, 1.82) is 0 Å². The third kappa shape index (κ3) is 4.08. The lowest BCUT2D eigenvalue weighted by Gasteiger charge is -2.26. The zero-order valence-corrected chi connectivity index (χ0v) is 20.7. The number of nitrogens with zero attached hydrogens (tertiary/aromatic N) is 1. The van der Waals surface area contributed by atoms with Crippen LogP contribution in [0, 0.1) is 6.92 Å². The van der Waals surface area contributed by atoms with Crippen molar-refractivity contribution in [3.05, 3.63) is 112 Å². The van der Waals surface area contributed by atoms with Crippen LogP contribution in [-0.2, 0) is 0 Å². The molecule has 186 valence electrons. The zero-order chi connectivity index (χ0) is 26.3. The topological polar surface area (TPSA) is 86.0 Å². The van der Waals surface area contributed by atoms with Crippen molar-refractivity contribution in [2.75, 3.05) is 18.6 Å². The lowest BCUT2D eigenvalue weighted by Crippen LogP contribution is -2.29. The normalized spacial score (nSPS) is 14.5. The number of Topliss-reactive ketones (excluding diaryl/α,β-unsaturated/α-hetero) is 1. The molecule has 7 heteroatoms. The molecule has 0 saturated heterocycles. The Morgan fingerprint density at radius 3 is 2.49 bits per heavy atom. The van der Waals surface area contributed by atoms with Crippen molar-refractivity contribution in [2.24, 2.45) is 0 Å². The van der Waals surface area contributed by atoms with Gasteiger partial charge in [0.2, 0.25) is 5.76 Å². The highest BCUT2D eigenvalue weighted by molar-refractivity contribution is 6.11. The molecule has 0 spiro atoms. The predicted molar refractivity (Wildman–Crippen MR) is 141 cm³/mol. The van der Waals surface area contributed by atoms with E-state index in [0.717, 1.165) is 5.56 Å². The van der Waals surface area contributed by atoms with Crippen molar-refractivity contribution in [3.63, 3.8) is 0 Å². The van der Waals surface area contributed by atoms with Crippen LogP contribution in [0.25, 0.3) is 11.0 Å². The van der Waals surface area contributed by atoms with Gasteiger partial charge in [-0.15, -0.1) is 0 Å². The first kappa shape index (κ1) is 24.1. The van der Waals surface area contributed by atoms with E-state index in [2.05, 4.69) is 6.58 Å². The van der Waals surface area contributed by atoms with Gasteiger partial charge < -0.3 is 13.9 Å². The first-order chi connectivity index (χ1) is 17.8. The summed E-state index contributed by atoms with van der Waals surface area (Å²) in [6.45, 7) is 7.34. The molecule has 1 atom stereocenters. The number of carbonyl (C=O) groups excluding carboxylic acids is 2. The Hall–Kier alpha value is -4.65. The number of hydrogen-bond acceptors (Lipinski definition) is 6. The van der Waals surface area contributed by atoms with E-state index < -0.39 is 11.9 Å². The fourth-order valence-corrected chi connectivity index (χ4v) is 4.65. The largest absolute Gasteiger partial charge is 0.493 e. The van der Waals surface area contributed by atoms with Crippen molar-refractivity contribution in [3.8, 4) is 11.5 Å². The van der Waals surface area contributed by atoms with E-state index >= 15 is 0 Å². The molecule has 1 amide bonds. The second-order valence-corrected chi connectivity index (χ2v) is 8.86. The van der Waals surface area contributed by atoms with Gasteiger partial charge in [-0.3, -0.25) is 19.3 Å². The van der Waals surface area contributed by atoms with Gasteiger partial charge in [-0.1, -0.05) is 30.4 Å². The second-order valence-electron chi connectivity index (χ2n) is 8.86. The van der Waals surface area contributed by atoms with Crippen LogP contribution in [0.4, 0.5) is 5.69 Å². The Labute approximate surface area is 213 Å². The highest BCUT2D eigenvalue weighted by Crippen LogP contribution is 2.43. The van der Waals surface area contributed by atoms with Crippen LogP contribution in [0.5, 0.6) is 11.5 Å². The van der Waals surface area contributed by atoms with Crippen molar-refractivity contribution in [1.82, 2.24) is 0 Å². The molecule has 0 saturated carbocycles. The number of methoxy groups -OCH3 is 1. The number of carbonyl (C=O) groups is 2. The summed E-state index contributed by atoms with van der Waals surface area (Å²) in [6, 6.07) is 16.5. The highest BCUT2D eigenvalue weighted by atomic mass is 16.5. The van der Waals surface area contributed by atoms with E-state index in [1.165, 1.54) is 18.9 Å². The number of aryl methyl sites for hydroxylation is 1. The molecule has 37 heavy (non-hydrogen) atoms. The third-order valence-corrected chi connectivity index (χ3v) is 6.44. The number of amides is 1. The van der Waals surface area contributed by atoms with Crippen molar-refractivity contribution >= 4 is 28.3 Å². The number of ketones is 1. The summed E-state index contributed by atoms with van der Waals surface area (Å²) in [7, 11) is 1.52. The molecular weight excluding hydrogens is 470 g/mol.